The summed E-state index contributed by atoms with van der Waals surface area (Å²) in [4.78, 5) is 16.0. The van der Waals surface area contributed by atoms with E-state index in [4.69, 9.17) is 0 Å². The summed E-state index contributed by atoms with van der Waals surface area (Å²) in [6, 6.07) is 4.60. The highest BCUT2D eigenvalue weighted by molar-refractivity contribution is 7.91. The number of hydrogen-bond donors (Lipinski definition) is 3. The molecule has 1 aromatic rings. The van der Waals surface area contributed by atoms with Crippen LogP contribution in [0.3, 0.4) is 0 Å². The molecule has 1 atom stereocenters. The monoisotopic (exact) mass is 384 g/mol. The van der Waals surface area contributed by atoms with Crippen LogP contribution in [0.15, 0.2) is 23.2 Å². The lowest BCUT2D eigenvalue weighted by Crippen LogP contribution is -2.40. The van der Waals surface area contributed by atoms with E-state index in [1.807, 2.05) is 0 Å². The van der Waals surface area contributed by atoms with Crippen molar-refractivity contribution in [1.29, 1.82) is 0 Å². The van der Waals surface area contributed by atoms with Crippen molar-refractivity contribution < 1.29 is 17.6 Å². The van der Waals surface area contributed by atoms with Gasteiger partial charge in [-0.3, -0.25) is 9.79 Å². The summed E-state index contributed by atoms with van der Waals surface area (Å²) in [6.45, 7) is 2.56. The van der Waals surface area contributed by atoms with E-state index in [9.17, 15) is 17.6 Å². The number of sulfone groups is 1. The predicted octanol–water partition coefficient (Wildman–Crippen LogP) is 0.493. The van der Waals surface area contributed by atoms with Crippen LogP contribution >= 0.6 is 0 Å². The van der Waals surface area contributed by atoms with Gasteiger partial charge in [0, 0.05) is 32.6 Å². The summed E-state index contributed by atoms with van der Waals surface area (Å²) in [6.07, 6.45) is 0.689. The van der Waals surface area contributed by atoms with Gasteiger partial charge in [0.15, 0.2) is 15.8 Å². The third kappa shape index (κ3) is 6.29. The van der Waals surface area contributed by atoms with E-state index in [0.717, 1.165) is 5.56 Å². The van der Waals surface area contributed by atoms with Gasteiger partial charge in [0.2, 0.25) is 5.91 Å². The number of carbonyl (C=O) groups is 1. The molecule has 2 rings (SSSR count). The van der Waals surface area contributed by atoms with E-state index >= 15 is 0 Å². The van der Waals surface area contributed by atoms with Gasteiger partial charge < -0.3 is 16.0 Å². The maximum absolute atomic E-state index is 13.3. The second-order valence-corrected chi connectivity index (χ2v) is 8.58. The molecule has 1 heterocycles. The molecule has 0 saturated carbocycles. The largest absolute Gasteiger partial charge is 0.356 e. The lowest BCUT2D eigenvalue weighted by molar-refractivity contribution is -0.121. The van der Waals surface area contributed by atoms with Crippen LogP contribution in [0.2, 0.25) is 0 Å². The highest BCUT2D eigenvalue weighted by Crippen LogP contribution is 2.11. The molecule has 3 N–H and O–H groups in total. The smallest absolute Gasteiger partial charge is 0.222 e. The van der Waals surface area contributed by atoms with Crippen LogP contribution in [-0.4, -0.2) is 51.4 Å². The molecule has 1 aliphatic rings. The van der Waals surface area contributed by atoms with E-state index in [2.05, 4.69) is 20.9 Å². The molecule has 26 heavy (non-hydrogen) atoms. The van der Waals surface area contributed by atoms with Crippen LogP contribution in [0, 0.1) is 12.7 Å². The van der Waals surface area contributed by atoms with Crippen molar-refractivity contribution in [2.45, 2.75) is 32.4 Å². The minimum atomic E-state index is -3.00. The lowest BCUT2D eigenvalue weighted by Gasteiger charge is -2.14. The molecule has 1 fully saturated rings. The topological polar surface area (TPSA) is 99.7 Å². The number of guanidine groups is 1. The second-order valence-electron chi connectivity index (χ2n) is 6.35. The van der Waals surface area contributed by atoms with Crippen molar-refractivity contribution in [3.05, 3.63) is 35.1 Å². The fraction of sp³-hybridized carbons (Fsp3) is 0.529. The van der Waals surface area contributed by atoms with Crippen LogP contribution in [-0.2, 0) is 21.2 Å². The van der Waals surface area contributed by atoms with Gasteiger partial charge in [-0.1, -0.05) is 12.1 Å². The van der Waals surface area contributed by atoms with Gasteiger partial charge >= 0.3 is 0 Å². The molecule has 1 amide bonds. The van der Waals surface area contributed by atoms with Gasteiger partial charge in [-0.05, 0) is 30.5 Å². The summed E-state index contributed by atoms with van der Waals surface area (Å²) in [5.41, 5.74) is 1.50. The molecule has 1 saturated heterocycles. The molecule has 0 radical (unpaired) electrons. The van der Waals surface area contributed by atoms with Crippen molar-refractivity contribution in [2.75, 3.05) is 25.1 Å². The number of halogens is 1. The Morgan fingerprint density at radius 1 is 1.35 bits per heavy atom. The fourth-order valence-electron chi connectivity index (χ4n) is 2.73. The standard InChI is InChI=1S/C17H25FN4O3S/c1-12-9-13(3-4-15(12)18)10-21-17(19-2)20-7-5-16(23)22-14-6-8-26(24,25)11-14/h3-4,9,14H,5-8,10-11H2,1-2H3,(H,22,23)(H2,19,20,21). The first-order chi connectivity index (χ1) is 12.3. The number of benzene rings is 1. The number of aryl methyl sites for hydroxylation is 1. The minimum Gasteiger partial charge on any atom is -0.356 e. The molecule has 7 nitrogen and oxygen atoms in total. The summed E-state index contributed by atoms with van der Waals surface area (Å²) >= 11 is 0. The molecule has 0 aliphatic carbocycles. The molecule has 0 aromatic heterocycles. The molecule has 1 aromatic carbocycles. The summed E-state index contributed by atoms with van der Waals surface area (Å²) < 4.78 is 36.0. The van der Waals surface area contributed by atoms with Gasteiger partial charge in [-0.25, -0.2) is 12.8 Å². The van der Waals surface area contributed by atoms with Crippen LogP contribution in [0.5, 0.6) is 0 Å². The zero-order valence-electron chi connectivity index (χ0n) is 15.0. The normalized spacial score (nSPS) is 19.2. The molecule has 0 spiro atoms. The Morgan fingerprint density at radius 2 is 2.12 bits per heavy atom. The predicted molar refractivity (Wildman–Crippen MR) is 99.2 cm³/mol. The van der Waals surface area contributed by atoms with Crippen LogP contribution in [0.4, 0.5) is 4.39 Å². The molecule has 144 valence electrons. The third-order valence-electron chi connectivity index (χ3n) is 4.15. The summed E-state index contributed by atoms with van der Waals surface area (Å²) in [7, 11) is -1.38. The highest BCUT2D eigenvalue weighted by atomic mass is 32.2. The first kappa shape index (κ1) is 20.2. The van der Waals surface area contributed by atoms with Crippen LogP contribution in [0.25, 0.3) is 0 Å². The first-order valence-electron chi connectivity index (χ1n) is 8.48. The Kier molecular flexibility index (Phi) is 6.96. The lowest BCUT2D eigenvalue weighted by atomic mass is 10.1. The number of aliphatic imine (C=N–C) groups is 1. The zero-order valence-corrected chi connectivity index (χ0v) is 15.8. The van der Waals surface area contributed by atoms with E-state index in [0.29, 0.717) is 31.0 Å². The number of amides is 1. The van der Waals surface area contributed by atoms with E-state index in [1.54, 1.807) is 26.1 Å². The first-order valence-corrected chi connectivity index (χ1v) is 10.3. The number of nitrogens with zero attached hydrogens (tertiary/aromatic N) is 1. The molecule has 1 aliphatic heterocycles. The Bertz CT molecular complexity index is 780. The molecular weight excluding hydrogens is 359 g/mol. The molecule has 9 heteroatoms. The number of hydrogen-bond acceptors (Lipinski definition) is 4. The van der Waals surface area contributed by atoms with Crippen molar-refractivity contribution >= 4 is 21.7 Å². The maximum atomic E-state index is 13.3. The number of nitrogens with one attached hydrogen (secondary N) is 3. The van der Waals surface area contributed by atoms with Crippen molar-refractivity contribution in [2.24, 2.45) is 4.99 Å². The van der Waals surface area contributed by atoms with Crippen LogP contribution in [0.1, 0.15) is 24.0 Å². The van der Waals surface area contributed by atoms with Gasteiger partial charge in [0.25, 0.3) is 0 Å². The quantitative estimate of drug-likeness (QED) is 0.490. The Labute approximate surface area is 153 Å². The van der Waals surface area contributed by atoms with E-state index < -0.39 is 9.84 Å². The molecule has 1 unspecified atom stereocenters. The number of carbonyl (C=O) groups excluding carboxylic acids is 1. The Hall–Kier alpha value is -2.16. The summed E-state index contributed by atoms with van der Waals surface area (Å²) in [5.74, 6) is 0.256. The SMILES string of the molecule is CN=C(NCCC(=O)NC1CCS(=O)(=O)C1)NCc1ccc(F)c(C)c1. The highest BCUT2D eigenvalue weighted by Gasteiger charge is 2.28. The van der Waals surface area contributed by atoms with E-state index in [1.165, 1.54) is 6.07 Å². The van der Waals surface area contributed by atoms with Crippen molar-refractivity contribution in [1.82, 2.24) is 16.0 Å². The zero-order chi connectivity index (χ0) is 19.2. The maximum Gasteiger partial charge on any atom is 0.222 e. The van der Waals surface area contributed by atoms with Gasteiger partial charge in [0.1, 0.15) is 5.82 Å². The van der Waals surface area contributed by atoms with Crippen molar-refractivity contribution in [3.8, 4) is 0 Å². The van der Waals surface area contributed by atoms with Crippen LogP contribution < -0.4 is 16.0 Å². The summed E-state index contributed by atoms with van der Waals surface area (Å²) in [5, 5.41) is 8.86. The molecular formula is C17H25FN4O3S. The second kappa shape index (κ2) is 8.98. The molecule has 0 bridgehead atoms. The van der Waals surface area contributed by atoms with Gasteiger partial charge in [0.05, 0.1) is 11.5 Å². The Morgan fingerprint density at radius 3 is 2.73 bits per heavy atom. The van der Waals surface area contributed by atoms with E-state index in [-0.39, 0.29) is 35.7 Å². The van der Waals surface area contributed by atoms with Gasteiger partial charge in [-0.2, -0.15) is 0 Å². The van der Waals surface area contributed by atoms with Gasteiger partial charge in [-0.15, -0.1) is 0 Å². The third-order valence-corrected chi connectivity index (χ3v) is 5.92. The minimum absolute atomic E-state index is 0.0203. The average Bonchev–Trinajstić information content (AvgIpc) is 2.92. The average molecular weight is 384 g/mol. The fourth-order valence-corrected chi connectivity index (χ4v) is 4.40. The van der Waals surface area contributed by atoms with Crippen molar-refractivity contribution in [3.63, 3.8) is 0 Å². The number of rotatable bonds is 6. The Balaban J connectivity index is 1.70.